The highest BCUT2D eigenvalue weighted by Crippen LogP contribution is 2.21. The van der Waals surface area contributed by atoms with Crippen LogP contribution in [-0.2, 0) is 6.54 Å². The Labute approximate surface area is 146 Å². The van der Waals surface area contributed by atoms with E-state index >= 15 is 0 Å². The van der Waals surface area contributed by atoms with Crippen molar-refractivity contribution in [3.63, 3.8) is 0 Å². The first-order valence-electron chi connectivity index (χ1n) is 8.75. The molecule has 4 nitrogen and oxygen atoms in total. The van der Waals surface area contributed by atoms with E-state index in [0.717, 1.165) is 51.2 Å². The van der Waals surface area contributed by atoms with Crippen molar-refractivity contribution >= 4 is 5.82 Å². The molecule has 0 unspecified atom stereocenters. The maximum atomic E-state index is 13.3. The zero-order valence-electron chi connectivity index (χ0n) is 14.1. The van der Waals surface area contributed by atoms with E-state index in [1.54, 1.807) is 0 Å². The van der Waals surface area contributed by atoms with Crippen molar-refractivity contribution in [3.8, 4) is 0 Å². The minimum absolute atomic E-state index is 0.502. The fraction of sp³-hybridized carbons (Fsp3) is 0.421. The third kappa shape index (κ3) is 3.80. The third-order valence-corrected chi connectivity index (χ3v) is 5.07. The first kappa shape index (κ1) is 16.4. The highest BCUT2D eigenvalue weighted by Gasteiger charge is 2.33. The van der Waals surface area contributed by atoms with Gasteiger partial charge in [0.25, 0.3) is 0 Å². The van der Waals surface area contributed by atoms with Crippen molar-refractivity contribution in [1.29, 1.82) is 0 Å². The number of likely N-dealkylation sites (tertiary alicyclic amines) is 1. The second kappa shape index (κ2) is 7.06. The Morgan fingerprint density at radius 2 is 1.68 bits per heavy atom. The number of rotatable bonds is 4. The highest BCUT2D eigenvalue weighted by molar-refractivity contribution is 5.38. The van der Waals surface area contributed by atoms with Gasteiger partial charge < -0.3 is 4.90 Å². The first-order valence-corrected chi connectivity index (χ1v) is 8.75. The zero-order chi connectivity index (χ0) is 17.2. The van der Waals surface area contributed by atoms with Crippen LogP contribution >= 0.6 is 0 Å². The molecule has 0 atom stereocenters. The lowest BCUT2D eigenvalue weighted by Gasteiger charge is -2.48. The van der Waals surface area contributed by atoms with Crippen LogP contribution in [0.25, 0.3) is 0 Å². The van der Waals surface area contributed by atoms with Gasteiger partial charge in [-0.3, -0.25) is 9.80 Å². The van der Waals surface area contributed by atoms with Crippen molar-refractivity contribution in [2.24, 2.45) is 0 Å². The van der Waals surface area contributed by atoms with Gasteiger partial charge in [-0.25, -0.2) is 13.8 Å². The zero-order valence-corrected chi connectivity index (χ0v) is 14.1. The molecule has 0 spiro atoms. The number of anilines is 1. The van der Waals surface area contributed by atoms with E-state index in [4.69, 9.17) is 0 Å². The van der Waals surface area contributed by atoms with E-state index in [1.807, 2.05) is 18.3 Å². The van der Waals surface area contributed by atoms with Crippen LogP contribution in [0.15, 0.2) is 42.6 Å². The molecule has 0 radical (unpaired) electrons. The van der Waals surface area contributed by atoms with Crippen molar-refractivity contribution in [2.75, 3.05) is 44.2 Å². The van der Waals surface area contributed by atoms with Gasteiger partial charge in [-0.05, 0) is 29.8 Å². The van der Waals surface area contributed by atoms with E-state index in [-0.39, 0.29) is 0 Å². The number of piperazine rings is 1. The Balaban J connectivity index is 1.25. The van der Waals surface area contributed by atoms with Gasteiger partial charge >= 0.3 is 0 Å². The summed E-state index contributed by atoms with van der Waals surface area (Å²) in [6.45, 7) is 6.57. The minimum Gasteiger partial charge on any atom is -0.354 e. The van der Waals surface area contributed by atoms with Crippen molar-refractivity contribution in [3.05, 3.63) is 59.8 Å². The standard InChI is InChI=1S/C19H22F2N4/c20-16-9-15(10-17(21)11-16)12-23-13-18(14-23)24-5-7-25(8-6-24)19-3-1-2-4-22-19/h1-4,9-11,18H,5-8,12-14H2. The van der Waals surface area contributed by atoms with Crippen molar-refractivity contribution in [2.45, 2.75) is 12.6 Å². The predicted molar refractivity (Wildman–Crippen MR) is 93.4 cm³/mol. The predicted octanol–water partition coefficient (Wildman–Crippen LogP) is 2.37. The van der Waals surface area contributed by atoms with E-state index in [2.05, 4.69) is 25.8 Å². The first-order chi connectivity index (χ1) is 12.2. The van der Waals surface area contributed by atoms with Crippen LogP contribution in [0.4, 0.5) is 14.6 Å². The van der Waals surface area contributed by atoms with E-state index in [1.165, 1.54) is 12.1 Å². The Bertz CT molecular complexity index is 690. The van der Waals surface area contributed by atoms with Crippen LogP contribution in [0.3, 0.4) is 0 Å². The van der Waals surface area contributed by atoms with Crippen LogP contribution in [0, 0.1) is 11.6 Å². The monoisotopic (exact) mass is 344 g/mol. The maximum Gasteiger partial charge on any atom is 0.128 e. The van der Waals surface area contributed by atoms with Crippen LogP contribution in [-0.4, -0.2) is 60.1 Å². The second-order valence-corrected chi connectivity index (χ2v) is 6.84. The van der Waals surface area contributed by atoms with Crippen LogP contribution < -0.4 is 4.90 Å². The molecular formula is C19H22F2N4. The molecule has 4 rings (SSSR count). The molecule has 2 aliphatic heterocycles. The highest BCUT2D eigenvalue weighted by atomic mass is 19.1. The summed E-state index contributed by atoms with van der Waals surface area (Å²) in [5.74, 6) is 0.0425. The van der Waals surface area contributed by atoms with Gasteiger partial charge in [-0.15, -0.1) is 0 Å². The number of benzene rings is 1. The fourth-order valence-electron chi connectivity index (χ4n) is 3.72. The van der Waals surface area contributed by atoms with Gasteiger partial charge in [0.05, 0.1) is 0 Å². The van der Waals surface area contributed by atoms with E-state index in [0.29, 0.717) is 18.2 Å². The van der Waals surface area contributed by atoms with Gasteiger partial charge in [-0.2, -0.15) is 0 Å². The number of nitrogens with zero attached hydrogens (tertiary/aromatic N) is 4. The Kier molecular flexibility index (Phi) is 4.63. The molecule has 132 valence electrons. The molecule has 2 fully saturated rings. The SMILES string of the molecule is Fc1cc(F)cc(CN2CC(N3CCN(c4ccccn4)CC3)C2)c1. The maximum absolute atomic E-state index is 13.3. The third-order valence-electron chi connectivity index (χ3n) is 5.07. The summed E-state index contributed by atoms with van der Waals surface area (Å²) in [5, 5.41) is 0. The summed E-state index contributed by atoms with van der Waals surface area (Å²) >= 11 is 0. The molecule has 0 saturated carbocycles. The summed E-state index contributed by atoms with van der Waals surface area (Å²) in [6.07, 6.45) is 1.83. The molecule has 1 aromatic heterocycles. The quantitative estimate of drug-likeness (QED) is 0.849. The average Bonchev–Trinajstić information content (AvgIpc) is 2.58. The summed E-state index contributed by atoms with van der Waals surface area (Å²) in [5.41, 5.74) is 0.705. The molecule has 2 aliphatic rings. The molecule has 2 aromatic rings. The molecule has 3 heterocycles. The Hall–Kier alpha value is -2.05. The minimum atomic E-state index is -0.502. The van der Waals surface area contributed by atoms with E-state index < -0.39 is 11.6 Å². The molecule has 0 aliphatic carbocycles. The summed E-state index contributed by atoms with van der Waals surface area (Å²) in [4.78, 5) is 11.5. The molecule has 2 saturated heterocycles. The topological polar surface area (TPSA) is 22.6 Å². The second-order valence-electron chi connectivity index (χ2n) is 6.84. The number of pyridine rings is 1. The van der Waals surface area contributed by atoms with Crippen molar-refractivity contribution < 1.29 is 8.78 Å². The van der Waals surface area contributed by atoms with Gasteiger partial charge in [0.15, 0.2) is 0 Å². The Morgan fingerprint density at radius 3 is 2.32 bits per heavy atom. The number of halogens is 2. The van der Waals surface area contributed by atoms with E-state index in [9.17, 15) is 8.78 Å². The van der Waals surface area contributed by atoms with Gasteiger partial charge in [0.2, 0.25) is 0 Å². The van der Waals surface area contributed by atoms with Crippen LogP contribution in [0.1, 0.15) is 5.56 Å². The molecule has 25 heavy (non-hydrogen) atoms. The normalized spacial score (nSPS) is 19.8. The number of aromatic nitrogens is 1. The Morgan fingerprint density at radius 1 is 0.960 bits per heavy atom. The smallest absolute Gasteiger partial charge is 0.128 e. The molecule has 0 bridgehead atoms. The number of hydrogen-bond donors (Lipinski definition) is 0. The van der Waals surface area contributed by atoms with Gasteiger partial charge in [-0.1, -0.05) is 6.07 Å². The lowest BCUT2D eigenvalue weighted by atomic mass is 10.0. The fourth-order valence-corrected chi connectivity index (χ4v) is 3.72. The molecule has 1 aromatic carbocycles. The largest absolute Gasteiger partial charge is 0.354 e. The lowest BCUT2D eigenvalue weighted by Crippen LogP contribution is -2.62. The average molecular weight is 344 g/mol. The molecule has 6 heteroatoms. The summed E-state index contributed by atoms with van der Waals surface area (Å²) in [7, 11) is 0. The van der Waals surface area contributed by atoms with Crippen LogP contribution in [0.5, 0.6) is 0 Å². The lowest BCUT2D eigenvalue weighted by molar-refractivity contribution is 0.0255. The molecule has 0 N–H and O–H groups in total. The van der Waals surface area contributed by atoms with Crippen molar-refractivity contribution in [1.82, 2.24) is 14.8 Å². The number of hydrogen-bond acceptors (Lipinski definition) is 4. The van der Waals surface area contributed by atoms with Gasteiger partial charge in [0, 0.05) is 64.1 Å². The molecular weight excluding hydrogens is 322 g/mol. The summed E-state index contributed by atoms with van der Waals surface area (Å²) < 4.78 is 26.5. The van der Waals surface area contributed by atoms with Crippen LogP contribution in [0.2, 0.25) is 0 Å². The molecule has 0 amide bonds. The van der Waals surface area contributed by atoms with Gasteiger partial charge in [0.1, 0.15) is 17.5 Å². The summed E-state index contributed by atoms with van der Waals surface area (Å²) in [6, 6.07) is 10.3.